The summed E-state index contributed by atoms with van der Waals surface area (Å²) in [6.45, 7) is 3.87. The minimum atomic E-state index is -0.345. The van der Waals surface area contributed by atoms with E-state index in [0.29, 0.717) is 22.2 Å². The summed E-state index contributed by atoms with van der Waals surface area (Å²) < 4.78 is 0. The van der Waals surface area contributed by atoms with Crippen molar-refractivity contribution in [2.75, 3.05) is 10.6 Å². The number of carbonyl (C=O) groups excluding carboxylic acids is 2. The second-order valence-corrected chi connectivity index (χ2v) is 8.31. The van der Waals surface area contributed by atoms with Gasteiger partial charge in [-0.25, -0.2) is 0 Å². The van der Waals surface area contributed by atoms with Gasteiger partial charge in [0.15, 0.2) is 0 Å². The molecule has 2 rings (SSSR count). The number of amides is 2. The van der Waals surface area contributed by atoms with Crippen molar-refractivity contribution in [3.63, 3.8) is 0 Å². The summed E-state index contributed by atoms with van der Waals surface area (Å²) in [5.74, 6) is -0.163. The normalized spacial score (nSPS) is 11.7. The van der Waals surface area contributed by atoms with Gasteiger partial charge in [-0.1, -0.05) is 42.6 Å². The van der Waals surface area contributed by atoms with Crippen LogP contribution in [0.2, 0.25) is 10.0 Å². The summed E-state index contributed by atoms with van der Waals surface area (Å²) in [4.78, 5) is 25.2. The van der Waals surface area contributed by atoms with Gasteiger partial charge < -0.3 is 10.6 Å². The molecule has 0 heterocycles. The molecule has 0 saturated carbocycles. The Morgan fingerprint density at radius 1 is 1.11 bits per heavy atom. The Morgan fingerprint density at radius 2 is 1.89 bits per heavy atom. The standard InChI is InChI=1S/C20H22Cl2N2O2S/c1-3-4-8-19(25)23-15-6-5-7-16(12-15)27-13(2)20(26)24-18-10-9-14(21)11-17(18)22/h5-7,9-13H,3-4,8H2,1-2H3,(H,23,25)(H,24,26). The Hall–Kier alpha value is -1.69. The number of carbonyl (C=O) groups is 2. The van der Waals surface area contributed by atoms with Gasteiger partial charge in [-0.2, -0.15) is 0 Å². The lowest BCUT2D eigenvalue weighted by atomic mass is 10.2. The van der Waals surface area contributed by atoms with Gasteiger partial charge in [-0.05, 0) is 49.7 Å². The summed E-state index contributed by atoms with van der Waals surface area (Å²) >= 11 is 13.4. The molecule has 27 heavy (non-hydrogen) atoms. The van der Waals surface area contributed by atoms with Gasteiger partial charge in [0.05, 0.1) is 16.0 Å². The van der Waals surface area contributed by atoms with Crippen molar-refractivity contribution in [1.29, 1.82) is 0 Å². The highest BCUT2D eigenvalue weighted by Crippen LogP contribution is 2.29. The Balaban J connectivity index is 1.96. The molecule has 1 unspecified atom stereocenters. The zero-order chi connectivity index (χ0) is 19.8. The van der Waals surface area contributed by atoms with E-state index in [-0.39, 0.29) is 17.1 Å². The SMILES string of the molecule is CCCCC(=O)Nc1cccc(SC(C)C(=O)Nc2ccc(Cl)cc2Cl)c1. The van der Waals surface area contributed by atoms with E-state index < -0.39 is 0 Å². The highest BCUT2D eigenvalue weighted by molar-refractivity contribution is 8.00. The van der Waals surface area contributed by atoms with Crippen LogP contribution in [0.3, 0.4) is 0 Å². The zero-order valence-electron chi connectivity index (χ0n) is 15.2. The molecular formula is C20H22Cl2N2O2S. The Kier molecular flexibility index (Phi) is 8.48. The zero-order valence-corrected chi connectivity index (χ0v) is 17.5. The van der Waals surface area contributed by atoms with E-state index in [1.807, 2.05) is 38.1 Å². The van der Waals surface area contributed by atoms with Gasteiger partial charge >= 0.3 is 0 Å². The van der Waals surface area contributed by atoms with Crippen LogP contribution in [0.15, 0.2) is 47.4 Å². The molecule has 0 radical (unpaired) electrons. The lowest BCUT2D eigenvalue weighted by Gasteiger charge is -2.14. The molecule has 144 valence electrons. The lowest BCUT2D eigenvalue weighted by molar-refractivity contribution is -0.116. The maximum absolute atomic E-state index is 12.4. The number of rotatable bonds is 8. The number of hydrogen-bond donors (Lipinski definition) is 2. The highest BCUT2D eigenvalue weighted by atomic mass is 35.5. The molecule has 0 bridgehead atoms. The monoisotopic (exact) mass is 424 g/mol. The van der Waals surface area contributed by atoms with Gasteiger partial charge in [-0.3, -0.25) is 9.59 Å². The molecule has 2 aromatic carbocycles. The minimum absolute atomic E-state index is 0.00201. The quantitative estimate of drug-likeness (QED) is 0.492. The van der Waals surface area contributed by atoms with Crippen LogP contribution in [0, 0.1) is 0 Å². The second-order valence-electron chi connectivity index (χ2n) is 6.05. The van der Waals surface area contributed by atoms with E-state index in [1.54, 1.807) is 18.2 Å². The van der Waals surface area contributed by atoms with E-state index in [1.165, 1.54) is 11.8 Å². The number of anilines is 2. The van der Waals surface area contributed by atoms with Crippen molar-refractivity contribution in [2.45, 2.75) is 43.3 Å². The molecule has 0 aliphatic heterocycles. The topological polar surface area (TPSA) is 58.2 Å². The van der Waals surface area contributed by atoms with Gasteiger partial charge in [0.1, 0.15) is 0 Å². The molecule has 1 atom stereocenters. The van der Waals surface area contributed by atoms with Crippen molar-refractivity contribution in [1.82, 2.24) is 0 Å². The fourth-order valence-corrected chi connectivity index (χ4v) is 3.67. The molecule has 4 nitrogen and oxygen atoms in total. The van der Waals surface area contributed by atoms with Crippen LogP contribution in [0.1, 0.15) is 33.1 Å². The Labute approximate surface area is 174 Å². The molecule has 0 aromatic heterocycles. The van der Waals surface area contributed by atoms with Gasteiger partial charge in [0.2, 0.25) is 11.8 Å². The summed E-state index contributed by atoms with van der Waals surface area (Å²) in [5.41, 5.74) is 1.25. The van der Waals surface area contributed by atoms with E-state index >= 15 is 0 Å². The third-order valence-corrected chi connectivity index (χ3v) is 5.39. The third-order valence-electron chi connectivity index (χ3n) is 3.75. The average Bonchev–Trinajstić information content (AvgIpc) is 2.62. The average molecular weight is 425 g/mol. The molecular weight excluding hydrogens is 403 g/mol. The van der Waals surface area contributed by atoms with Crippen LogP contribution in [0.4, 0.5) is 11.4 Å². The smallest absolute Gasteiger partial charge is 0.237 e. The van der Waals surface area contributed by atoms with Crippen molar-refractivity contribution in [3.8, 4) is 0 Å². The fraction of sp³-hybridized carbons (Fsp3) is 0.300. The number of nitrogens with one attached hydrogen (secondary N) is 2. The summed E-state index contributed by atoms with van der Waals surface area (Å²) in [6, 6.07) is 12.4. The first-order valence-electron chi connectivity index (χ1n) is 8.71. The molecule has 2 aromatic rings. The Bertz CT molecular complexity index is 814. The van der Waals surface area contributed by atoms with Crippen molar-refractivity contribution < 1.29 is 9.59 Å². The van der Waals surface area contributed by atoms with E-state index in [9.17, 15) is 9.59 Å². The highest BCUT2D eigenvalue weighted by Gasteiger charge is 2.16. The summed E-state index contributed by atoms with van der Waals surface area (Å²) in [6.07, 6.45) is 2.35. The van der Waals surface area contributed by atoms with Crippen LogP contribution in [0.25, 0.3) is 0 Å². The van der Waals surface area contributed by atoms with Gasteiger partial charge in [0, 0.05) is 22.0 Å². The van der Waals surface area contributed by atoms with Gasteiger partial charge in [0.25, 0.3) is 0 Å². The number of thioether (sulfide) groups is 1. The van der Waals surface area contributed by atoms with Crippen molar-refractivity contribution >= 4 is 58.2 Å². The number of unbranched alkanes of at least 4 members (excludes halogenated alkanes) is 1. The van der Waals surface area contributed by atoms with Crippen LogP contribution in [-0.2, 0) is 9.59 Å². The first-order valence-corrected chi connectivity index (χ1v) is 10.3. The van der Waals surface area contributed by atoms with Crippen LogP contribution < -0.4 is 10.6 Å². The molecule has 2 N–H and O–H groups in total. The predicted molar refractivity (Wildman–Crippen MR) is 115 cm³/mol. The van der Waals surface area contributed by atoms with Crippen LogP contribution in [0.5, 0.6) is 0 Å². The maximum atomic E-state index is 12.4. The maximum Gasteiger partial charge on any atom is 0.237 e. The lowest BCUT2D eigenvalue weighted by Crippen LogP contribution is -2.22. The second kappa shape index (κ2) is 10.6. The van der Waals surface area contributed by atoms with E-state index in [4.69, 9.17) is 23.2 Å². The minimum Gasteiger partial charge on any atom is -0.326 e. The summed E-state index contributed by atoms with van der Waals surface area (Å²) in [5, 5.41) is 6.26. The number of benzene rings is 2. The molecule has 0 aliphatic rings. The van der Waals surface area contributed by atoms with Crippen LogP contribution in [-0.4, -0.2) is 17.1 Å². The predicted octanol–water partition coefficient (Wildman–Crippen LogP) is 6.24. The third kappa shape index (κ3) is 7.09. The largest absolute Gasteiger partial charge is 0.326 e. The molecule has 0 aliphatic carbocycles. The van der Waals surface area contributed by atoms with Gasteiger partial charge in [-0.15, -0.1) is 11.8 Å². The molecule has 0 saturated heterocycles. The first kappa shape index (κ1) is 21.6. The van der Waals surface area contributed by atoms with Crippen molar-refractivity contribution in [2.24, 2.45) is 0 Å². The number of halogens is 2. The first-order chi connectivity index (χ1) is 12.9. The molecule has 0 fully saturated rings. The Morgan fingerprint density at radius 3 is 2.59 bits per heavy atom. The fourth-order valence-electron chi connectivity index (χ4n) is 2.29. The van der Waals surface area contributed by atoms with Crippen molar-refractivity contribution in [3.05, 3.63) is 52.5 Å². The van der Waals surface area contributed by atoms with E-state index in [0.717, 1.165) is 23.4 Å². The van der Waals surface area contributed by atoms with E-state index in [2.05, 4.69) is 10.6 Å². The number of hydrogen-bond acceptors (Lipinski definition) is 3. The molecule has 2 amide bonds. The molecule has 0 spiro atoms. The van der Waals surface area contributed by atoms with Crippen LogP contribution >= 0.6 is 35.0 Å². The summed E-state index contributed by atoms with van der Waals surface area (Å²) in [7, 11) is 0. The molecule has 7 heteroatoms.